The number of nitrogens with zero attached hydrogens (tertiary/aromatic N) is 1. The minimum Gasteiger partial charge on any atom is -0.353 e. The number of benzene rings is 1. The summed E-state index contributed by atoms with van der Waals surface area (Å²) in [7, 11) is 0. The van der Waals surface area contributed by atoms with Gasteiger partial charge in [-0.05, 0) is 37.0 Å². The van der Waals surface area contributed by atoms with Crippen molar-refractivity contribution in [1.82, 2.24) is 10.2 Å². The lowest BCUT2D eigenvalue weighted by atomic mass is 9.95. The monoisotopic (exact) mass is 422 g/mol. The molecule has 1 saturated carbocycles. The molecule has 1 aromatic carbocycles. The lowest BCUT2D eigenvalue weighted by Crippen LogP contribution is -2.36. The zero-order chi connectivity index (χ0) is 19.2. The lowest BCUT2D eigenvalue weighted by Gasteiger charge is -2.23. The molecule has 1 aliphatic carbocycles. The highest BCUT2D eigenvalue weighted by Crippen LogP contribution is 2.33. The molecule has 0 spiro atoms. The van der Waals surface area contributed by atoms with E-state index in [0.717, 1.165) is 18.4 Å². The third-order valence-electron chi connectivity index (χ3n) is 4.82. The number of thiocarbonyl (C=S) groups is 1. The molecule has 27 heavy (non-hydrogen) atoms. The molecule has 2 amide bonds. The number of nitrogens with one attached hydrogen (secondary N) is 1. The fourth-order valence-corrected chi connectivity index (χ4v) is 4.86. The zero-order valence-corrected chi connectivity index (χ0v) is 17.5. The van der Waals surface area contributed by atoms with Gasteiger partial charge in [0.15, 0.2) is 0 Å². The van der Waals surface area contributed by atoms with Gasteiger partial charge in [-0.15, -0.1) is 0 Å². The molecule has 1 saturated heterocycles. The maximum absolute atomic E-state index is 12.6. The summed E-state index contributed by atoms with van der Waals surface area (Å²) in [5.41, 5.74) is 0.798. The van der Waals surface area contributed by atoms with E-state index in [1.165, 1.54) is 31.0 Å². The Bertz CT molecular complexity index is 760. The van der Waals surface area contributed by atoms with Crippen molar-refractivity contribution in [2.75, 3.05) is 6.54 Å². The summed E-state index contributed by atoms with van der Waals surface area (Å²) in [6, 6.07) is 7.71. The Morgan fingerprint density at radius 3 is 2.78 bits per heavy atom. The van der Waals surface area contributed by atoms with Crippen molar-refractivity contribution in [2.45, 2.75) is 51.0 Å². The number of carbonyl (C=O) groups excluding carboxylic acids is 2. The van der Waals surface area contributed by atoms with Gasteiger partial charge in [0.05, 0.1) is 4.91 Å². The van der Waals surface area contributed by atoms with E-state index in [0.29, 0.717) is 39.7 Å². The largest absolute Gasteiger partial charge is 0.353 e. The molecule has 1 aliphatic heterocycles. The van der Waals surface area contributed by atoms with Gasteiger partial charge in [0.2, 0.25) is 5.91 Å². The smallest absolute Gasteiger partial charge is 0.266 e. The lowest BCUT2D eigenvalue weighted by molar-refractivity contribution is -0.124. The summed E-state index contributed by atoms with van der Waals surface area (Å²) in [6.07, 6.45) is 8.60. The number of amides is 2. The summed E-state index contributed by atoms with van der Waals surface area (Å²) in [4.78, 5) is 26.9. The van der Waals surface area contributed by atoms with E-state index < -0.39 is 0 Å². The number of carbonyl (C=O) groups is 2. The van der Waals surface area contributed by atoms with Crippen molar-refractivity contribution in [3.8, 4) is 0 Å². The second-order valence-electron chi connectivity index (χ2n) is 6.86. The van der Waals surface area contributed by atoms with E-state index in [9.17, 15) is 9.59 Å². The minimum atomic E-state index is -0.113. The van der Waals surface area contributed by atoms with Gasteiger partial charge in [0, 0.05) is 24.0 Å². The van der Waals surface area contributed by atoms with Crippen molar-refractivity contribution in [3.63, 3.8) is 0 Å². The first-order valence-corrected chi connectivity index (χ1v) is 10.9. The van der Waals surface area contributed by atoms with Gasteiger partial charge in [-0.1, -0.05) is 73.0 Å². The van der Waals surface area contributed by atoms with Crippen LogP contribution in [0.5, 0.6) is 0 Å². The molecule has 0 atom stereocenters. The summed E-state index contributed by atoms with van der Waals surface area (Å²) in [6.45, 7) is 0.461. The molecule has 1 heterocycles. The van der Waals surface area contributed by atoms with Crippen molar-refractivity contribution in [1.29, 1.82) is 0 Å². The Kier molecular flexibility index (Phi) is 7.33. The van der Waals surface area contributed by atoms with Crippen LogP contribution in [-0.2, 0) is 9.59 Å². The molecule has 7 heteroatoms. The molecule has 144 valence electrons. The molecular formula is C20H23ClN2O2S2. The average Bonchev–Trinajstić information content (AvgIpc) is 2.92. The molecule has 0 radical (unpaired) electrons. The summed E-state index contributed by atoms with van der Waals surface area (Å²) < 4.78 is 0.533. The van der Waals surface area contributed by atoms with Crippen LogP contribution < -0.4 is 5.32 Å². The molecule has 0 aromatic heterocycles. The van der Waals surface area contributed by atoms with Gasteiger partial charge in [0.25, 0.3) is 5.91 Å². The molecular weight excluding hydrogens is 400 g/mol. The van der Waals surface area contributed by atoms with Gasteiger partial charge in [-0.3, -0.25) is 14.5 Å². The Morgan fingerprint density at radius 2 is 2.04 bits per heavy atom. The number of rotatable bonds is 6. The van der Waals surface area contributed by atoms with Crippen LogP contribution in [-0.4, -0.2) is 33.6 Å². The standard InChI is InChI=1S/C20H23ClN2O2S2/c21-16-10-5-4-7-14(16)13-17-19(25)23(20(26)27-17)12-6-11-18(24)22-15-8-2-1-3-9-15/h4-5,7,10,13,15H,1-3,6,8-9,11-12H2,(H,22,24)/b17-13-. The van der Waals surface area contributed by atoms with Crippen LogP contribution in [0, 0.1) is 0 Å². The molecule has 1 aromatic rings. The maximum atomic E-state index is 12.6. The van der Waals surface area contributed by atoms with Gasteiger partial charge in [0.1, 0.15) is 4.32 Å². The second-order valence-corrected chi connectivity index (χ2v) is 8.94. The van der Waals surface area contributed by atoms with Crippen molar-refractivity contribution >= 4 is 57.8 Å². The molecule has 3 rings (SSSR count). The quantitative estimate of drug-likeness (QED) is 0.530. The Balaban J connectivity index is 1.50. The van der Waals surface area contributed by atoms with Crippen LogP contribution in [0.4, 0.5) is 0 Å². The summed E-state index contributed by atoms with van der Waals surface area (Å²) in [5, 5.41) is 3.71. The highest BCUT2D eigenvalue weighted by molar-refractivity contribution is 8.26. The van der Waals surface area contributed by atoms with Crippen LogP contribution in [0.2, 0.25) is 5.02 Å². The number of halogens is 1. The fourth-order valence-electron chi connectivity index (χ4n) is 3.37. The Hall–Kier alpha value is -1.37. The highest BCUT2D eigenvalue weighted by Gasteiger charge is 2.31. The van der Waals surface area contributed by atoms with Gasteiger partial charge in [-0.2, -0.15) is 0 Å². The summed E-state index contributed by atoms with van der Waals surface area (Å²) in [5.74, 6) is -0.0449. The molecule has 2 aliphatic rings. The van der Waals surface area contributed by atoms with E-state index >= 15 is 0 Å². The van der Waals surface area contributed by atoms with Crippen molar-refractivity contribution in [2.24, 2.45) is 0 Å². The molecule has 0 unspecified atom stereocenters. The highest BCUT2D eigenvalue weighted by atomic mass is 35.5. The number of thioether (sulfide) groups is 1. The van der Waals surface area contributed by atoms with Gasteiger partial charge >= 0.3 is 0 Å². The van der Waals surface area contributed by atoms with Crippen molar-refractivity contribution < 1.29 is 9.59 Å². The van der Waals surface area contributed by atoms with Gasteiger partial charge in [-0.25, -0.2) is 0 Å². The van der Waals surface area contributed by atoms with E-state index in [-0.39, 0.29) is 11.8 Å². The van der Waals surface area contributed by atoms with E-state index in [1.807, 2.05) is 18.2 Å². The number of hydrogen-bond acceptors (Lipinski definition) is 4. The Labute approximate surface area is 174 Å². The van der Waals surface area contributed by atoms with Crippen LogP contribution in [0.25, 0.3) is 6.08 Å². The molecule has 0 bridgehead atoms. The normalized spacial score (nSPS) is 19.7. The van der Waals surface area contributed by atoms with Crippen LogP contribution in [0.1, 0.15) is 50.5 Å². The third-order valence-corrected chi connectivity index (χ3v) is 6.54. The maximum Gasteiger partial charge on any atom is 0.266 e. The predicted molar refractivity (Wildman–Crippen MR) is 116 cm³/mol. The first kappa shape index (κ1) is 20.4. The van der Waals surface area contributed by atoms with E-state index in [2.05, 4.69) is 5.32 Å². The third kappa shape index (κ3) is 5.56. The predicted octanol–water partition coefficient (Wildman–Crippen LogP) is 4.77. The first-order chi connectivity index (χ1) is 13.0. The van der Waals surface area contributed by atoms with E-state index in [4.69, 9.17) is 23.8 Å². The van der Waals surface area contributed by atoms with Gasteiger partial charge < -0.3 is 5.32 Å². The van der Waals surface area contributed by atoms with Crippen LogP contribution >= 0.6 is 35.6 Å². The van der Waals surface area contributed by atoms with Crippen LogP contribution in [0.15, 0.2) is 29.2 Å². The zero-order valence-electron chi connectivity index (χ0n) is 15.1. The topological polar surface area (TPSA) is 49.4 Å². The van der Waals surface area contributed by atoms with Crippen LogP contribution in [0.3, 0.4) is 0 Å². The Morgan fingerprint density at radius 1 is 1.30 bits per heavy atom. The minimum absolute atomic E-state index is 0.0685. The summed E-state index contributed by atoms with van der Waals surface area (Å²) >= 11 is 12.8. The molecule has 1 N–H and O–H groups in total. The second kappa shape index (κ2) is 9.71. The average molecular weight is 423 g/mol. The number of hydrogen-bond donors (Lipinski definition) is 1. The van der Waals surface area contributed by atoms with E-state index in [1.54, 1.807) is 17.0 Å². The first-order valence-electron chi connectivity index (χ1n) is 9.34. The SMILES string of the molecule is O=C(CCCN1C(=O)/C(=C/c2ccccc2Cl)SC1=S)NC1CCCCC1. The molecule has 4 nitrogen and oxygen atoms in total. The molecule has 2 fully saturated rings. The fraction of sp³-hybridized carbons (Fsp3) is 0.450. The van der Waals surface area contributed by atoms with Crippen molar-refractivity contribution in [3.05, 3.63) is 39.8 Å².